The first-order chi connectivity index (χ1) is 12.1. The largest absolute Gasteiger partial charge is 0.353 e. The van der Waals surface area contributed by atoms with E-state index >= 15 is 0 Å². The topological polar surface area (TPSA) is 62.3 Å². The van der Waals surface area contributed by atoms with Gasteiger partial charge in [-0.2, -0.15) is 0 Å². The van der Waals surface area contributed by atoms with Crippen LogP contribution in [-0.4, -0.2) is 46.6 Å². The van der Waals surface area contributed by atoms with Crippen LogP contribution in [0, 0.1) is 0 Å². The Labute approximate surface area is 155 Å². The van der Waals surface area contributed by atoms with Crippen molar-refractivity contribution in [3.05, 3.63) is 35.7 Å². The van der Waals surface area contributed by atoms with Crippen LogP contribution in [0.1, 0.15) is 19.8 Å². The quantitative estimate of drug-likeness (QED) is 0.816. The number of hydrogen-bond acceptors (Lipinski definition) is 5. The molecule has 1 aliphatic rings. The summed E-state index contributed by atoms with van der Waals surface area (Å²) < 4.78 is 0.903. The second kappa shape index (κ2) is 8.49. The van der Waals surface area contributed by atoms with Crippen molar-refractivity contribution in [1.82, 2.24) is 15.2 Å². The van der Waals surface area contributed by atoms with E-state index < -0.39 is 0 Å². The molecule has 0 saturated carbocycles. The monoisotopic (exact) mass is 375 g/mol. The van der Waals surface area contributed by atoms with Crippen molar-refractivity contribution in [2.75, 3.05) is 18.8 Å². The lowest BCUT2D eigenvalue weighted by Gasteiger charge is -2.31. The number of thiazole rings is 1. The minimum absolute atomic E-state index is 0.0303. The van der Waals surface area contributed by atoms with Crippen molar-refractivity contribution in [3.8, 4) is 11.3 Å². The van der Waals surface area contributed by atoms with E-state index in [0.29, 0.717) is 5.75 Å². The number of amides is 2. The number of likely N-dealkylation sites (tertiary alicyclic amines) is 1. The first-order valence-electron chi connectivity index (χ1n) is 8.30. The number of hydrogen-bond donors (Lipinski definition) is 1. The minimum Gasteiger partial charge on any atom is -0.353 e. The van der Waals surface area contributed by atoms with Gasteiger partial charge in [-0.15, -0.1) is 11.3 Å². The molecular formula is C18H21N3O2S2. The number of rotatable bonds is 5. The number of thioether (sulfide) groups is 1. The van der Waals surface area contributed by atoms with Crippen LogP contribution in [-0.2, 0) is 9.59 Å². The van der Waals surface area contributed by atoms with E-state index in [0.717, 1.165) is 41.5 Å². The van der Waals surface area contributed by atoms with Crippen molar-refractivity contribution < 1.29 is 9.59 Å². The molecule has 0 aliphatic carbocycles. The third-order valence-corrected chi connectivity index (χ3v) is 6.21. The molecule has 5 nitrogen and oxygen atoms in total. The van der Waals surface area contributed by atoms with Gasteiger partial charge < -0.3 is 10.2 Å². The molecule has 0 atom stereocenters. The van der Waals surface area contributed by atoms with Crippen molar-refractivity contribution in [2.45, 2.75) is 30.1 Å². The van der Waals surface area contributed by atoms with Gasteiger partial charge in [-0.1, -0.05) is 42.1 Å². The molecule has 0 bridgehead atoms. The lowest BCUT2D eigenvalue weighted by molar-refractivity contribution is -0.130. The average Bonchev–Trinajstić information content (AvgIpc) is 3.10. The van der Waals surface area contributed by atoms with Crippen LogP contribution in [0.3, 0.4) is 0 Å². The van der Waals surface area contributed by atoms with Gasteiger partial charge in [0.2, 0.25) is 11.8 Å². The molecule has 2 heterocycles. The van der Waals surface area contributed by atoms with Crippen molar-refractivity contribution in [2.24, 2.45) is 0 Å². The summed E-state index contributed by atoms with van der Waals surface area (Å²) in [7, 11) is 0. The highest BCUT2D eigenvalue weighted by molar-refractivity contribution is 8.01. The summed E-state index contributed by atoms with van der Waals surface area (Å²) in [5.74, 6) is 0.510. The van der Waals surface area contributed by atoms with Crippen molar-refractivity contribution in [3.63, 3.8) is 0 Å². The molecule has 1 saturated heterocycles. The molecule has 2 amide bonds. The van der Waals surface area contributed by atoms with E-state index in [-0.39, 0.29) is 17.9 Å². The molecule has 1 aromatic heterocycles. The van der Waals surface area contributed by atoms with Gasteiger partial charge in [-0.3, -0.25) is 9.59 Å². The third kappa shape index (κ3) is 5.06. The standard InChI is InChI=1S/C18H21N3O2S2/c1-13(22)21-9-7-15(8-10-21)19-17(23)12-25-18-20-16(11-24-18)14-5-3-2-4-6-14/h2-6,11,15H,7-10,12H2,1H3,(H,19,23). The number of carbonyl (C=O) groups excluding carboxylic acids is 2. The number of nitrogens with zero attached hydrogens (tertiary/aromatic N) is 2. The predicted octanol–water partition coefficient (Wildman–Crippen LogP) is 3.03. The normalized spacial score (nSPS) is 15.2. The van der Waals surface area contributed by atoms with Crippen LogP contribution in [0.25, 0.3) is 11.3 Å². The Bertz CT molecular complexity index is 725. The highest BCUT2D eigenvalue weighted by atomic mass is 32.2. The molecule has 1 N–H and O–H groups in total. The van der Waals surface area contributed by atoms with Gasteiger partial charge in [-0.25, -0.2) is 4.98 Å². The smallest absolute Gasteiger partial charge is 0.230 e. The second-order valence-electron chi connectivity index (χ2n) is 6.00. The molecule has 0 spiro atoms. The van der Waals surface area contributed by atoms with E-state index in [1.54, 1.807) is 18.3 Å². The Balaban J connectivity index is 1.44. The second-order valence-corrected chi connectivity index (χ2v) is 8.08. The zero-order chi connectivity index (χ0) is 17.6. The van der Waals surface area contributed by atoms with Gasteiger partial charge in [0.25, 0.3) is 0 Å². The summed E-state index contributed by atoms with van der Waals surface area (Å²) in [5, 5.41) is 5.09. The predicted molar refractivity (Wildman–Crippen MR) is 102 cm³/mol. The molecule has 0 unspecified atom stereocenters. The highest BCUT2D eigenvalue weighted by Crippen LogP contribution is 2.28. The summed E-state index contributed by atoms with van der Waals surface area (Å²) >= 11 is 3.03. The lowest BCUT2D eigenvalue weighted by Crippen LogP contribution is -2.46. The highest BCUT2D eigenvalue weighted by Gasteiger charge is 2.22. The van der Waals surface area contributed by atoms with Gasteiger partial charge >= 0.3 is 0 Å². The van der Waals surface area contributed by atoms with E-state index in [9.17, 15) is 9.59 Å². The summed E-state index contributed by atoms with van der Waals surface area (Å²) in [6.07, 6.45) is 1.65. The van der Waals surface area contributed by atoms with Crippen LogP contribution in [0.5, 0.6) is 0 Å². The SMILES string of the molecule is CC(=O)N1CCC(NC(=O)CSc2nc(-c3ccccc3)cs2)CC1. The maximum atomic E-state index is 12.1. The van der Waals surface area contributed by atoms with Crippen LogP contribution >= 0.6 is 23.1 Å². The summed E-state index contributed by atoms with van der Waals surface area (Å²) in [5.41, 5.74) is 2.04. The van der Waals surface area contributed by atoms with Gasteiger partial charge in [0.05, 0.1) is 11.4 Å². The van der Waals surface area contributed by atoms with E-state index in [4.69, 9.17) is 0 Å². The van der Waals surface area contributed by atoms with E-state index in [1.165, 1.54) is 11.8 Å². The summed E-state index contributed by atoms with van der Waals surface area (Å²) in [6, 6.07) is 10.2. The fraction of sp³-hybridized carbons (Fsp3) is 0.389. The van der Waals surface area contributed by atoms with Gasteiger partial charge in [0.15, 0.2) is 4.34 Å². The minimum atomic E-state index is 0.0303. The Kier molecular flexibility index (Phi) is 6.09. The molecule has 25 heavy (non-hydrogen) atoms. The lowest BCUT2D eigenvalue weighted by atomic mass is 10.1. The average molecular weight is 376 g/mol. The number of benzene rings is 1. The Morgan fingerprint density at radius 2 is 2.00 bits per heavy atom. The Morgan fingerprint density at radius 3 is 2.68 bits per heavy atom. The van der Waals surface area contributed by atoms with E-state index in [2.05, 4.69) is 10.3 Å². The molecule has 2 aromatic rings. The van der Waals surface area contributed by atoms with Crippen LogP contribution in [0.4, 0.5) is 0 Å². The van der Waals surface area contributed by atoms with Gasteiger partial charge in [0.1, 0.15) is 0 Å². The summed E-state index contributed by atoms with van der Waals surface area (Å²) in [6.45, 7) is 3.04. The molecule has 7 heteroatoms. The first kappa shape index (κ1) is 17.9. The fourth-order valence-corrected chi connectivity index (χ4v) is 4.45. The van der Waals surface area contributed by atoms with Gasteiger partial charge in [0, 0.05) is 37.0 Å². The number of aromatic nitrogens is 1. The summed E-state index contributed by atoms with van der Waals surface area (Å²) in [4.78, 5) is 29.9. The maximum absolute atomic E-state index is 12.1. The van der Waals surface area contributed by atoms with Crippen molar-refractivity contribution >= 4 is 34.9 Å². The Hall–Kier alpha value is -1.86. The number of piperidine rings is 1. The third-order valence-electron chi connectivity index (χ3n) is 4.18. The van der Waals surface area contributed by atoms with Gasteiger partial charge in [-0.05, 0) is 12.8 Å². The number of nitrogens with one attached hydrogen (secondary N) is 1. The van der Waals surface area contributed by atoms with Crippen LogP contribution in [0.15, 0.2) is 40.1 Å². The zero-order valence-corrected chi connectivity index (χ0v) is 15.7. The van der Waals surface area contributed by atoms with Crippen molar-refractivity contribution in [1.29, 1.82) is 0 Å². The molecule has 1 aromatic carbocycles. The first-order valence-corrected chi connectivity index (χ1v) is 10.2. The molecule has 3 rings (SSSR count). The molecular weight excluding hydrogens is 354 g/mol. The molecule has 1 aliphatic heterocycles. The number of carbonyl (C=O) groups is 2. The zero-order valence-electron chi connectivity index (χ0n) is 14.1. The van der Waals surface area contributed by atoms with E-state index in [1.807, 2.05) is 40.6 Å². The van der Waals surface area contributed by atoms with Crippen LogP contribution < -0.4 is 5.32 Å². The molecule has 0 radical (unpaired) electrons. The Morgan fingerprint density at radius 1 is 1.28 bits per heavy atom. The molecule has 1 fully saturated rings. The fourth-order valence-electron chi connectivity index (χ4n) is 2.80. The van der Waals surface area contributed by atoms with Crippen LogP contribution in [0.2, 0.25) is 0 Å². The maximum Gasteiger partial charge on any atom is 0.230 e. The molecule has 132 valence electrons.